The number of hydrogen-bond acceptors (Lipinski definition) is 3. The first-order valence-electron chi connectivity index (χ1n) is 3.06. The van der Waals surface area contributed by atoms with Crippen LogP contribution in [0.25, 0.3) is 0 Å². The lowest BCUT2D eigenvalue weighted by molar-refractivity contribution is -0.643. The molecule has 0 bridgehead atoms. The monoisotopic (exact) mass is 162 g/mol. The van der Waals surface area contributed by atoms with Crippen LogP contribution in [0.15, 0.2) is 0 Å². The van der Waals surface area contributed by atoms with Gasteiger partial charge < -0.3 is 0 Å². The minimum Gasteiger partial charge on any atom is -0.276 e. The molecule has 1 unspecified atom stereocenters. The Labute approximate surface area is 61.8 Å². The maximum absolute atomic E-state index is 9.14. The van der Waals surface area contributed by atoms with Gasteiger partial charge in [0.1, 0.15) is 5.25 Å². The standard InChI is InChI=1S/C5H8NOS2/c7-6-4-2-1-3-5(4)8-9-6/h5,7H,1-3H2/q+1. The summed E-state index contributed by atoms with van der Waals surface area (Å²) in [5, 5.41) is 9.76. The van der Waals surface area contributed by atoms with Crippen LogP contribution in [-0.2, 0) is 0 Å². The van der Waals surface area contributed by atoms with E-state index in [9.17, 15) is 0 Å². The van der Waals surface area contributed by atoms with Crippen LogP contribution in [0.5, 0.6) is 0 Å². The van der Waals surface area contributed by atoms with Gasteiger partial charge in [0.15, 0.2) is 0 Å². The molecule has 1 saturated carbocycles. The molecule has 1 heterocycles. The summed E-state index contributed by atoms with van der Waals surface area (Å²) in [7, 11) is 3.23. The van der Waals surface area contributed by atoms with Gasteiger partial charge in [0.05, 0.1) is 4.14 Å². The highest BCUT2D eigenvalue weighted by molar-refractivity contribution is 8.75. The summed E-state index contributed by atoms with van der Waals surface area (Å²) in [6.07, 6.45) is 3.61. The van der Waals surface area contributed by atoms with Crippen molar-refractivity contribution in [2.45, 2.75) is 24.5 Å². The van der Waals surface area contributed by atoms with Gasteiger partial charge in [0.2, 0.25) is 5.71 Å². The molecule has 2 rings (SSSR count). The van der Waals surface area contributed by atoms with Crippen molar-refractivity contribution in [3.05, 3.63) is 0 Å². The summed E-state index contributed by atoms with van der Waals surface area (Å²) in [6.45, 7) is 0. The van der Waals surface area contributed by atoms with Crippen molar-refractivity contribution in [1.82, 2.24) is 0 Å². The molecule has 1 aliphatic heterocycles. The molecule has 2 aliphatic rings. The van der Waals surface area contributed by atoms with E-state index < -0.39 is 0 Å². The van der Waals surface area contributed by atoms with Gasteiger partial charge >= 0.3 is 0 Å². The number of hydrogen-bond donors (Lipinski definition) is 1. The van der Waals surface area contributed by atoms with Crippen molar-refractivity contribution in [2.75, 3.05) is 0 Å². The highest BCUT2D eigenvalue weighted by Crippen LogP contribution is 2.41. The van der Waals surface area contributed by atoms with Crippen LogP contribution in [0.4, 0.5) is 0 Å². The summed E-state index contributed by atoms with van der Waals surface area (Å²) in [6, 6.07) is 0. The molecule has 0 aromatic heterocycles. The van der Waals surface area contributed by atoms with E-state index in [4.69, 9.17) is 5.21 Å². The third-order valence-electron chi connectivity index (χ3n) is 1.75. The first-order chi connectivity index (χ1) is 4.38. The zero-order valence-electron chi connectivity index (χ0n) is 4.91. The second-order valence-electron chi connectivity index (χ2n) is 2.32. The Morgan fingerprint density at radius 3 is 3.33 bits per heavy atom. The molecular formula is C5H8NOS2+. The molecule has 0 radical (unpaired) electrons. The van der Waals surface area contributed by atoms with E-state index >= 15 is 0 Å². The van der Waals surface area contributed by atoms with Gasteiger partial charge in [0, 0.05) is 6.42 Å². The normalized spacial score (nSPS) is 33.6. The Kier molecular flexibility index (Phi) is 1.38. The third kappa shape index (κ3) is 0.846. The maximum Gasteiger partial charge on any atom is 0.287 e. The molecule has 1 fully saturated rings. The average molecular weight is 162 g/mol. The topological polar surface area (TPSA) is 23.2 Å². The van der Waals surface area contributed by atoms with Crippen LogP contribution in [0.2, 0.25) is 0 Å². The molecule has 50 valence electrons. The zero-order valence-corrected chi connectivity index (χ0v) is 6.54. The molecule has 9 heavy (non-hydrogen) atoms. The van der Waals surface area contributed by atoms with Crippen LogP contribution in [0, 0.1) is 0 Å². The molecule has 1 N–H and O–H groups in total. The highest BCUT2D eigenvalue weighted by Gasteiger charge is 2.40. The lowest BCUT2D eigenvalue weighted by Crippen LogP contribution is -2.10. The van der Waals surface area contributed by atoms with Crippen molar-refractivity contribution in [1.29, 1.82) is 0 Å². The van der Waals surface area contributed by atoms with Gasteiger partial charge in [-0.05, 0) is 23.6 Å². The van der Waals surface area contributed by atoms with Gasteiger partial charge in [-0.1, -0.05) is 0 Å². The Hall–Kier alpha value is 0.170. The third-order valence-corrected chi connectivity index (χ3v) is 4.33. The summed E-state index contributed by atoms with van der Waals surface area (Å²) >= 11 is 0. The van der Waals surface area contributed by atoms with Crippen molar-refractivity contribution in [3.8, 4) is 0 Å². The average Bonchev–Trinajstić information content (AvgIpc) is 2.35. The lowest BCUT2D eigenvalue weighted by atomic mass is 10.3. The van der Waals surface area contributed by atoms with Crippen molar-refractivity contribution < 1.29 is 9.35 Å². The van der Waals surface area contributed by atoms with Gasteiger partial charge in [-0.15, -0.1) is 0 Å². The van der Waals surface area contributed by atoms with E-state index in [1.165, 1.54) is 33.7 Å². The maximum atomic E-state index is 9.14. The van der Waals surface area contributed by atoms with Gasteiger partial charge in [-0.25, -0.2) is 0 Å². The Morgan fingerprint density at radius 1 is 1.67 bits per heavy atom. The van der Waals surface area contributed by atoms with Gasteiger partial charge in [-0.2, -0.15) is 0 Å². The van der Waals surface area contributed by atoms with Crippen LogP contribution in [0.3, 0.4) is 0 Å². The number of rotatable bonds is 0. The molecule has 0 saturated heterocycles. The minimum atomic E-state index is 0.625. The highest BCUT2D eigenvalue weighted by atomic mass is 33.1. The van der Waals surface area contributed by atoms with Crippen LogP contribution in [0.1, 0.15) is 19.3 Å². The SMILES string of the molecule is O[N+]1=C2CCCC2SS1. The van der Waals surface area contributed by atoms with E-state index in [-0.39, 0.29) is 0 Å². The lowest BCUT2D eigenvalue weighted by Gasteiger charge is -1.87. The predicted octanol–water partition coefficient (Wildman–Crippen LogP) is 1.69. The van der Waals surface area contributed by atoms with Gasteiger partial charge in [-0.3, -0.25) is 5.21 Å². The summed E-state index contributed by atoms with van der Waals surface area (Å²) < 4.78 is 1.34. The molecule has 4 heteroatoms. The zero-order chi connectivity index (χ0) is 6.27. The smallest absolute Gasteiger partial charge is 0.276 e. The molecule has 0 amide bonds. The first kappa shape index (κ1) is 5.92. The Bertz CT molecular complexity index is 168. The van der Waals surface area contributed by atoms with E-state index in [1.807, 2.05) is 0 Å². The fraction of sp³-hybridized carbons (Fsp3) is 0.800. The Balaban J connectivity index is 2.28. The van der Waals surface area contributed by atoms with Crippen molar-refractivity contribution in [2.24, 2.45) is 0 Å². The minimum absolute atomic E-state index is 0.625. The van der Waals surface area contributed by atoms with Crippen molar-refractivity contribution >= 4 is 27.5 Å². The summed E-state index contributed by atoms with van der Waals surface area (Å²) in [4.78, 5) is 0. The largest absolute Gasteiger partial charge is 0.287 e. The quantitative estimate of drug-likeness (QED) is 0.254. The molecular weight excluding hydrogens is 154 g/mol. The molecule has 0 spiro atoms. The fourth-order valence-corrected chi connectivity index (χ4v) is 3.88. The molecule has 0 aromatic rings. The van der Waals surface area contributed by atoms with E-state index in [0.29, 0.717) is 5.25 Å². The molecule has 2 nitrogen and oxygen atoms in total. The number of nitrogens with zero attached hydrogens (tertiary/aromatic N) is 1. The second kappa shape index (κ2) is 2.09. The first-order valence-corrected chi connectivity index (χ1v) is 5.23. The predicted molar refractivity (Wildman–Crippen MR) is 39.9 cm³/mol. The second-order valence-corrected chi connectivity index (χ2v) is 4.60. The number of fused-ring (bicyclic) bond motifs is 1. The van der Waals surface area contributed by atoms with E-state index in [2.05, 4.69) is 0 Å². The Morgan fingerprint density at radius 2 is 2.56 bits per heavy atom. The van der Waals surface area contributed by atoms with Crippen LogP contribution in [-0.4, -0.2) is 20.3 Å². The molecule has 1 atom stereocenters. The summed E-state index contributed by atoms with van der Waals surface area (Å²) in [5.74, 6) is 0. The van der Waals surface area contributed by atoms with E-state index in [1.54, 1.807) is 10.8 Å². The van der Waals surface area contributed by atoms with Crippen molar-refractivity contribution in [3.63, 3.8) is 0 Å². The van der Waals surface area contributed by atoms with Crippen LogP contribution < -0.4 is 0 Å². The van der Waals surface area contributed by atoms with E-state index in [0.717, 1.165) is 6.42 Å². The fourth-order valence-electron chi connectivity index (χ4n) is 1.26. The van der Waals surface area contributed by atoms with Crippen LogP contribution >= 0.6 is 21.8 Å². The molecule has 0 aromatic carbocycles. The summed E-state index contributed by atoms with van der Waals surface area (Å²) in [5.41, 5.74) is 1.23. The molecule has 1 aliphatic carbocycles. The van der Waals surface area contributed by atoms with Gasteiger partial charge in [0.25, 0.3) is 11.0 Å².